The van der Waals surface area contributed by atoms with Crippen LogP contribution in [-0.2, 0) is 32.0 Å². The quantitative estimate of drug-likeness (QED) is 0.0414. The van der Waals surface area contributed by atoms with Crippen molar-refractivity contribution in [2.24, 2.45) is 27.9 Å². The van der Waals surface area contributed by atoms with Crippen LogP contribution in [0.1, 0.15) is 43.2 Å². The van der Waals surface area contributed by atoms with Crippen LogP contribution in [0.5, 0.6) is 0 Å². The van der Waals surface area contributed by atoms with Crippen molar-refractivity contribution in [1.29, 1.82) is 0 Å². The number of carbonyl (C=O) groups excluding carboxylic acids is 4. The van der Waals surface area contributed by atoms with E-state index < -0.39 is 35.8 Å². The first kappa shape index (κ1) is 37.1. The van der Waals surface area contributed by atoms with Crippen LogP contribution in [0.3, 0.4) is 0 Å². The summed E-state index contributed by atoms with van der Waals surface area (Å²) in [6, 6.07) is 22.1. The molecule has 0 unspecified atom stereocenters. The highest BCUT2D eigenvalue weighted by Gasteiger charge is 2.30. The number of nitrogens with two attached hydrogens (primary N) is 4. The van der Waals surface area contributed by atoms with E-state index in [1.54, 1.807) is 6.20 Å². The van der Waals surface area contributed by atoms with Crippen LogP contribution in [0, 0.1) is 0 Å². The fraction of sp³-hybridized carbons (Fsp3) is 0.324. The molecule has 0 aliphatic rings. The Bertz CT molecular complexity index is 1750. The van der Waals surface area contributed by atoms with Gasteiger partial charge in [-0.3, -0.25) is 24.2 Å². The number of aliphatic imine (C=N–C) groups is 1. The lowest BCUT2D eigenvalue weighted by molar-refractivity contribution is -0.133. The van der Waals surface area contributed by atoms with Gasteiger partial charge in [-0.15, -0.1) is 0 Å². The minimum atomic E-state index is -1.10. The molecule has 0 aliphatic heterocycles. The van der Waals surface area contributed by atoms with Gasteiger partial charge in [-0.2, -0.15) is 0 Å². The zero-order chi connectivity index (χ0) is 35.9. The molecule has 3 atom stereocenters. The molecule has 1 heterocycles. The highest BCUT2D eigenvalue weighted by molar-refractivity contribution is 5.95. The van der Waals surface area contributed by atoms with Crippen molar-refractivity contribution in [2.45, 2.75) is 63.1 Å². The van der Waals surface area contributed by atoms with Crippen molar-refractivity contribution in [3.05, 3.63) is 96.2 Å². The molecule has 0 aliphatic carbocycles. The first-order chi connectivity index (χ1) is 24.1. The summed E-state index contributed by atoms with van der Waals surface area (Å²) in [6.45, 7) is 0.696. The predicted molar refractivity (Wildman–Crippen MR) is 195 cm³/mol. The Hall–Kier alpha value is -5.69. The Morgan fingerprint density at radius 3 is 2.02 bits per heavy atom. The summed E-state index contributed by atoms with van der Waals surface area (Å²) in [5.41, 5.74) is 26.6. The molecule has 4 aromatic rings. The van der Waals surface area contributed by atoms with Crippen molar-refractivity contribution in [2.75, 3.05) is 13.1 Å². The number of guanidine groups is 1. The van der Waals surface area contributed by atoms with Gasteiger partial charge in [0.1, 0.15) is 18.1 Å². The third-order valence-corrected chi connectivity index (χ3v) is 8.35. The Labute approximate surface area is 291 Å². The number of carbonyl (C=O) groups is 4. The van der Waals surface area contributed by atoms with E-state index in [4.69, 9.17) is 22.9 Å². The van der Waals surface area contributed by atoms with Gasteiger partial charge in [0, 0.05) is 42.9 Å². The number of amides is 4. The Morgan fingerprint density at radius 2 is 1.34 bits per heavy atom. The fourth-order valence-corrected chi connectivity index (χ4v) is 5.67. The molecule has 0 saturated heterocycles. The summed E-state index contributed by atoms with van der Waals surface area (Å²) in [5, 5.41) is 9.36. The second-order valence-corrected chi connectivity index (χ2v) is 12.2. The zero-order valence-corrected chi connectivity index (χ0v) is 28.1. The van der Waals surface area contributed by atoms with Crippen molar-refractivity contribution in [3.8, 4) is 11.1 Å². The van der Waals surface area contributed by atoms with E-state index >= 15 is 0 Å². The second kappa shape index (κ2) is 18.7. The van der Waals surface area contributed by atoms with E-state index in [0.717, 1.165) is 33.2 Å². The maximum atomic E-state index is 14.0. The topological polar surface area (TPSA) is 237 Å². The summed E-state index contributed by atoms with van der Waals surface area (Å²) in [7, 11) is 0. The van der Waals surface area contributed by atoms with Gasteiger partial charge in [0.15, 0.2) is 5.96 Å². The molecule has 0 radical (unpaired) electrons. The SMILES string of the molecule is NCCCC(=O)N[C@@H](Cc1c[nH]c2ccccc12)C(=O)N[C@@H](Cc1ccc(-c2ccccc2)cc1)C(=O)N[C@H](CCCCN=C(N)N)C(N)=O. The lowest BCUT2D eigenvalue weighted by Gasteiger charge is -2.25. The zero-order valence-electron chi connectivity index (χ0n) is 28.1. The molecule has 4 amide bonds. The molecule has 4 rings (SSSR count). The normalized spacial score (nSPS) is 12.7. The summed E-state index contributed by atoms with van der Waals surface area (Å²) in [4.78, 5) is 60.2. The van der Waals surface area contributed by atoms with Crippen molar-refractivity contribution in [3.63, 3.8) is 0 Å². The largest absolute Gasteiger partial charge is 0.370 e. The van der Waals surface area contributed by atoms with E-state index in [9.17, 15) is 19.2 Å². The maximum Gasteiger partial charge on any atom is 0.243 e. The number of aromatic nitrogens is 1. The average molecular weight is 682 g/mol. The smallest absolute Gasteiger partial charge is 0.243 e. The monoisotopic (exact) mass is 681 g/mol. The van der Waals surface area contributed by atoms with Crippen LogP contribution in [-0.4, -0.2) is 65.8 Å². The molecule has 0 spiro atoms. The summed E-state index contributed by atoms with van der Waals surface area (Å²) >= 11 is 0. The minimum absolute atomic E-state index is 0.0290. The highest BCUT2D eigenvalue weighted by Crippen LogP contribution is 2.21. The molecule has 13 heteroatoms. The molecule has 50 heavy (non-hydrogen) atoms. The number of hydrogen-bond donors (Lipinski definition) is 8. The van der Waals surface area contributed by atoms with Gasteiger partial charge in [-0.1, -0.05) is 72.8 Å². The van der Waals surface area contributed by atoms with Gasteiger partial charge in [-0.05, 0) is 60.5 Å². The van der Waals surface area contributed by atoms with Crippen molar-refractivity contribution >= 4 is 40.5 Å². The number of rotatable bonds is 19. The Kier molecular flexibility index (Phi) is 13.9. The van der Waals surface area contributed by atoms with E-state index in [2.05, 4.69) is 25.9 Å². The van der Waals surface area contributed by atoms with Crippen LogP contribution in [0.15, 0.2) is 90.1 Å². The van der Waals surface area contributed by atoms with Crippen LogP contribution in [0.4, 0.5) is 0 Å². The average Bonchev–Trinajstić information content (AvgIpc) is 3.52. The van der Waals surface area contributed by atoms with Gasteiger partial charge >= 0.3 is 0 Å². The van der Waals surface area contributed by atoms with Gasteiger partial charge in [0.25, 0.3) is 0 Å². The molecule has 0 saturated carbocycles. The van der Waals surface area contributed by atoms with E-state index in [-0.39, 0.29) is 37.6 Å². The van der Waals surface area contributed by atoms with Gasteiger partial charge in [-0.25, -0.2) is 0 Å². The van der Waals surface area contributed by atoms with Crippen molar-refractivity contribution in [1.82, 2.24) is 20.9 Å². The summed E-state index contributed by atoms with van der Waals surface area (Å²) in [5.74, 6) is -2.20. The standard InChI is InChI=1S/C37H47N9O4/c38-19-8-14-33(47)44-32(22-27-23-43-29-12-5-4-11-28(27)29)36(50)46-31(21-24-15-17-26(18-16-24)25-9-2-1-3-10-25)35(49)45-30(34(39)48)13-6-7-20-42-37(40)41/h1-5,9-12,15-18,23,30-32,43H,6-8,13-14,19-22,38H2,(H2,39,48)(H,44,47)(H,45,49)(H,46,50)(H4,40,41,42)/t30-,31+,32+/m1/s1. The first-order valence-corrected chi connectivity index (χ1v) is 16.8. The van der Waals surface area contributed by atoms with E-state index in [1.165, 1.54) is 0 Å². The third-order valence-electron chi connectivity index (χ3n) is 8.35. The lowest BCUT2D eigenvalue weighted by atomic mass is 9.99. The molecule has 3 aromatic carbocycles. The molecule has 0 fully saturated rings. The number of unbranched alkanes of at least 4 members (excludes halogenated alkanes) is 1. The first-order valence-electron chi connectivity index (χ1n) is 16.8. The second-order valence-electron chi connectivity index (χ2n) is 12.2. The molecular weight excluding hydrogens is 634 g/mol. The Balaban J connectivity index is 1.57. The highest BCUT2D eigenvalue weighted by atomic mass is 16.2. The number of fused-ring (bicyclic) bond motifs is 1. The van der Waals surface area contributed by atoms with Crippen LogP contribution >= 0.6 is 0 Å². The summed E-state index contributed by atoms with van der Waals surface area (Å²) in [6.07, 6.45) is 4.05. The number of nitrogens with zero attached hydrogens (tertiary/aromatic N) is 1. The Morgan fingerprint density at radius 1 is 0.700 bits per heavy atom. The summed E-state index contributed by atoms with van der Waals surface area (Å²) < 4.78 is 0. The van der Waals surface area contributed by atoms with Crippen molar-refractivity contribution < 1.29 is 19.2 Å². The van der Waals surface area contributed by atoms with Crippen LogP contribution in [0.25, 0.3) is 22.0 Å². The maximum absolute atomic E-state index is 14.0. The number of aromatic amines is 1. The van der Waals surface area contributed by atoms with Crippen LogP contribution < -0.4 is 38.9 Å². The molecule has 0 bridgehead atoms. The fourth-order valence-electron chi connectivity index (χ4n) is 5.67. The number of para-hydroxylation sites is 1. The van der Waals surface area contributed by atoms with Gasteiger partial charge in [0.2, 0.25) is 23.6 Å². The number of nitrogens with one attached hydrogen (secondary N) is 4. The molecule has 13 nitrogen and oxygen atoms in total. The number of primary amides is 1. The predicted octanol–water partition coefficient (Wildman–Crippen LogP) is 1.74. The van der Waals surface area contributed by atoms with Gasteiger partial charge < -0.3 is 43.9 Å². The van der Waals surface area contributed by atoms with Gasteiger partial charge in [0.05, 0.1) is 0 Å². The lowest BCUT2D eigenvalue weighted by Crippen LogP contribution is -2.57. The van der Waals surface area contributed by atoms with E-state index in [1.807, 2.05) is 78.9 Å². The third kappa shape index (κ3) is 11.2. The number of H-pyrrole nitrogens is 1. The molecule has 264 valence electrons. The number of hydrogen-bond acceptors (Lipinski definition) is 6. The van der Waals surface area contributed by atoms with Crippen LogP contribution in [0.2, 0.25) is 0 Å². The molecule has 12 N–H and O–H groups in total. The molecule has 1 aromatic heterocycles. The number of benzene rings is 3. The van der Waals surface area contributed by atoms with E-state index in [0.29, 0.717) is 32.4 Å². The molecular formula is C37H47N9O4. The minimum Gasteiger partial charge on any atom is -0.370 e.